The van der Waals surface area contributed by atoms with Gasteiger partial charge in [0, 0.05) is 24.6 Å². The Morgan fingerprint density at radius 3 is 2.43 bits per heavy atom. The zero-order valence-electron chi connectivity index (χ0n) is 19.9. The number of carbonyl (C=O) groups excluding carboxylic acids is 1. The molecule has 2 fully saturated rings. The van der Waals surface area contributed by atoms with Crippen LogP contribution in [0, 0.1) is 0 Å². The fourth-order valence-corrected chi connectivity index (χ4v) is 5.97. The van der Waals surface area contributed by atoms with Gasteiger partial charge in [-0.3, -0.25) is 9.69 Å². The molecule has 1 amide bonds. The third-order valence-electron chi connectivity index (χ3n) is 7.80. The van der Waals surface area contributed by atoms with Crippen LogP contribution < -0.4 is 4.90 Å². The Bertz CT molecular complexity index is 1150. The molecule has 0 unspecified atom stereocenters. The summed E-state index contributed by atoms with van der Waals surface area (Å²) in [6.07, 6.45) is 6.36. The molecule has 0 aliphatic carbocycles. The SMILES string of the molecule is O=C1CC[C@](CCN2CCC(c3ccccc3)CC2)(c2ccc(Cl)c(Cl)c2)CN1c1ccccn1. The van der Waals surface area contributed by atoms with Crippen LogP contribution in [0.1, 0.15) is 49.1 Å². The van der Waals surface area contributed by atoms with Crippen LogP contribution in [0.5, 0.6) is 0 Å². The highest BCUT2D eigenvalue weighted by atomic mass is 35.5. The van der Waals surface area contributed by atoms with E-state index in [1.54, 1.807) is 6.20 Å². The molecule has 182 valence electrons. The quantitative estimate of drug-likeness (QED) is 0.371. The van der Waals surface area contributed by atoms with E-state index < -0.39 is 0 Å². The molecule has 2 saturated heterocycles. The summed E-state index contributed by atoms with van der Waals surface area (Å²) < 4.78 is 0. The number of hydrogen-bond acceptors (Lipinski definition) is 3. The van der Waals surface area contributed by atoms with E-state index in [-0.39, 0.29) is 11.3 Å². The molecule has 5 rings (SSSR count). The Balaban J connectivity index is 1.34. The van der Waals surface area contributed by atoms with E-state index in [9.17, 15) is 4.79 Å². The maximum Gasteiger partial charge on any atom is 0.228 e. The molecular weight excluding hydrogens is 477 g/mol. The average molecular weight is 508 g/mol. The minimum absolute atomic E-state index is 0.128. The molecule has 0 N–H and O–H groups in total. The van der Waals surface area contributed by atoms with Crippen molar-refractivity contribution < 1.29 is 4.79 Å². The highest BCUT2D eigenvalue weighted by Crippen LogP contribution is 2.41. The number of anilines is 1. The molecular formula is C29H31Cl2N3O. The lowest BCUT2D eigenvalue weighted by molar-refractivity contribution is -0.120. The van der Waals surface area contributed by atoms with Crippen molar-refractivity contribution in [3.63, 3.8) is 0 Å². The summed E-state index contributed by atoms with van der Waals surface area (Å²) in [5, 5.41) is 1.12. The number of halogens is 2. The summed E-state index contributed by atoms with van der Waals surface area (Å²) in [5.74, 6) is 1.48. The Morgan fingerprint density at radius 1 is 0.943 bits per heavy atom. The number of pyridine rings is 1. The van der Waals surface area contributed by atoms with E-state index in [0.29, 0.717) is 34.7 Å². The van der Waals surface area contributed by atoms with Crippen molar-refractivity contribution >= 4 is 34.9 Å². The van der Waals surface area contributed by atoms with Crippen LogP contribution in [-0.4, -0.2) is 42.0 Å². The van der Waals surface area contributed by atoms with Crippen molar-refractivity contribution in [2.45, 2.75) is 43.4 Å². The molecule has 35 heavy (non-hydrogen) atoms. The maximum atomic E-state index is 12.9. The van der Waals surface area contributed by atoms with Crippen molar-refractivity contribution in [2.24, 2.45) is 0 Å². The van der Waals surface area contributed by atoms with Crippen molar-refractivity contribution in [1.82, 2.24) is 9.88 Å². The first kappa shape index (κ1) is 24.3. The number of benzene rings is 2. The molecule has 0 spiro atoms. The average Bonchev–Trinajstić information content (AvgIpc) is 2.91. The molecule has 3 heterocycles. The fourth-order valence-electron chi connectivity index (χ4n) is 5.67. The topological polar surface area (TPSA) is 36.4 Å². The number of hydrogen-bond donors (Lipinski definition) is 0. The predicted octanol–water partition coefficient (Wildman–Crippen LogP) is 6.72. The molecule has 1 aromatic heterocycles. The second-order valence-electron chi connectivity index (χ2n) is 9.85. The van der Waals surface area contributed by atoms with Crippen LogP contribution in [0.4, 0.5) is 5.82 Å². The van der Waals surface area contributed by atoms with Crippen LogP contribution in [0.2, 0.25) is 10.0 Å². The van der Waals surface area contributed by atoms with Gasteiger partial charge in [0.25, 0.3) is 0 Å². The predicted molar refractivity (Wildman–Crippen MR) is 143 cm³/mol. The molecule has 1 atom stereocenters. The number of amides is 1. The summed E-state index contributed by atoms with van der Waals surface area (Å²) in [7, 11) is 0. The molecule has 2 aliphatic rings. The van der Waals surface area contributed by atoms with E-state index >= 15 is 0 Å². The molecule has 0 saturated carbocycles. The number of carbonyl (C=O) groups is 1. The van der Waals surface area contributed by atoms with Crippen LogP contribution >= 0.6 is 23.2 Å². The normalized spacial score (nSPS) is 21.9. The van der Waals surface area contributed by atoms with Gasteiger partial charge in [-0.15, -0.1) is 0 Å². The van der Waals surface area contributed by atoms with Crippen molar-refractivity contribution in [3.8, 4) is 0 Å². The number of likely N-dealkylation sites (tertiary alicyclic amines) is 1. The van der Waals surface area contributed by atoms with Gasteiger partial charge in [-0.05, 0) is 86.6 Å². The lowest BCUT2D eigenvalue weighted by atomic mass is 9.71. The molecule has 0 bridgehead atoms. The Morgan fingerprint density at radius 2 is 1.71 bits per heavy atom. The van der Waals surface area contributed by atoms with Gasteiger partial charge in [0.15, 0.2) is 0 Å². The summed E-state index contributed by atoms with van der Waals surface area (Å²) in [4.78, 5) is 21.9. The highest BCUT2D eigenvalue weighted by molar-refractivity contribution is 6.42. The van der Waals surface area contributed by atoms with Gasteiger partial charge < -0.3 is 4.90 Å². The van der Waals surface area contributed by atoms with Crippen LogP contribution in [-0.2, 0) is 10.2 Å². The molecule has 2 aliphatic heterocycles. The standard InChI is InChI=1S/C29H31Cl2N3O/c30-25-10-9-24(20-26(25)31)29(14-11-28(35)34(21-29)27-8-4-5-16-32-27)15-19-33-17-12-23(13-18-33)22-6-2-1-3-7-22/h1-10,16,20,23H,11-15,17-19,21H2/t29-/m1/s1. The first-order valence-corrected chi connectivity index (χ1v) is 13.2. The van der Waals surface area contributed by atoms with E-state index in [1.807, 2.05) is 35.2 Å². The summed E-state index contributed by atoms with van der Waals surface area (Å²) >= 11 is 12.7. The van der Waals surface area contributed by atoms with Gasteiger partial charge in [-0.2, -0.15) is 0 Å². The van der Waals surface area contributed by atoms with Crippen LogP contribution in [0.25, 0.3) is 0 Å². The summed E-state index contributed by atoms with van der Waals surface area (Å²) in [6.45, 7) is 3.78. The van der Waals surface area contributed by atoms with Crippen molar-refractivity contribution in [3.05, 3.63) is 94.1 Å². The van der Waals surface area contributed by atoms with Crippen molar-refractivity contribution in [1.29, 1.82) is 0 Å². The zero-order chi connectivity index (χ0) is 24.3. The van der Waals surface area contributed by atoms with E-state index in [4.69, 9.17) is 23.2 Å². The Kier molecular flexibility index (Phi) is 7.43. The molecule has 0 radical (unpaired) electrons. The first-order chi connectivity index (χ1) is 17.0. The van der Waals surface area contributed by atoms with Gasteiger partial charge in [0.2, 0.25) is 5.91 Å². The van der Waals surface area contributed by atoms with Crippen LogP contribution in [0.15, 0.2) is 72.9 Å². The van der Waals surface area contributed by atoms with Gasteiger partial charge in [0.1, 0.15) is 5.82 Å². The van der Waals surface area contributed by atoms with Crippen molar-refractivity contribution in [2.75, 3.05) is 31.1 Å². The number of piperidine rings is 2. The van der Waals surface area contributed by atoms with Gasteiger partial charge in [0.05, 0.1) is 10.0 Å². The highest BCUT2D eigenvalue weighted by Gasteiger charge is 2.41. The first-order valence-electron chi connectivity index (χ1n) is 12.5. The second-order valence-corrected chi connectivity index (χ2v) is 10.7. The lowest BCUT2D eigenvalue weighted by Gasteiger charge is -2.44. The smallest absolute Gasteiger partial charge is 0.228 e. The van der Waals surface area contributed by atoms with E-state index in [0.717, 1.165) is 38.0 Å². The van der Waals surface area contributed by atoms with Gasteiger partial charge >= 0.3 is 0 Å². The summed E-state index contributed by atoms with van der Waals surface area (Å²) in [6, 6.07) is 22.6. The Labute approximate surface area is 217 Å². The lowest BCUT2D eigenvalue weighted by Crippen LogP contribution is -2.51. The van der Waals surface area contributed by atoms with Gasteiger partial charge in [-0.25, -0.2) is 4.98 Å². The maximum absolute atomic E-state index is 12.9. The fraction of sp³-hybridized carbons (Fsp3) is 0.379. The van der Waals surface area contributed by atoms with Gasteiger partial charge in [-0.1, -0.05) is 65.7 Å². The Hall–Kier alpha value is -2.40. The molecule has 4 nitrogen and oxygen atoms in total. The second kappa shape index (κ2) is 10.7. The minimum Gasteiger partial charge on any atom is -0.303 e. The molecule has 2 aromatic carbocycles. The number of nitrogens with zero attached hydrogens (tertiary/aromatic N) is 3. The molecule has 6 heteroatoms. The number of rotatable bonds is 6. The minimum atomic E-state index is -0.198. The summed E-state index contributed by atoms with van der Waals surface area (Å²) in [5.41, 5.74) is 2.41. The zero-order valence-corrected chi connectivity index (χ0v) is 21.4. The third-order valence-corrected chi connectivity index (χ3v) is 8.54. The third kappa shape index (κ3) is 5.40. The van der Waals surface area contributed by atoms with Crippen LogP contribution in [0.3, 0.4) is 0 Å². The monoisotopic (exact) mass is 507 g/mol. The van der Waals surface area contributed by atoms with E-state index in [1.165, 1.54) is 18.4 Å². The number of aromatic nitrogens is 1. The molecule has 3 aromatic rings. The largest absolute Gasteiger partial charge is 0.303 e. The van der Waals surface area contributed by atoms with E-state index in [2.05, 4.69) is 46.3 Å².